The summed E-state index contributed by atoms with van der Waals surface area (Å²) < 4.78 is 6.83. The maximum Gasteiger partial charge on any atom is 0.244 e. The van der Waals surface area contributed by atoms with Gasteiger partial charge in [-0.1, -0.05) is 0 Å². The van der Waals surface area contributed by atoms with E-state index in [9.17, 15) is 4.79 Å². The van der Waals surface area contributed by atoms with Gasteiger partial charge in [0.25, 0.3) is 0 Å². The summed E-state index contributed by atoms with van der Waals surface area (Å²) >= 11 is 1.52. The molecule has 0 aromatic carbocycles. The number of hydrogen-bond donors (Lipinski definition) is 1. The van der Waals surface area contributed by atoms with E-state index >= 15 is 0 Å². The monoisotopic (exact) mass is 314 g/mol. The Kier molecular flexibility index (Phi) is 4.45. The molecule has 0 aliphatic carbocycles. The largest absolute Gasteiger partial charge is 0.465 e. The van der Waals surface area contributed by atoms with Gasteiger partial charge in [-0.05, 0) is 24.3 Å². The molecule has 0 aliphatic heterocycles. The summed E-state index contributed by atoms with van der Waals surface area (Å²) in [6.07, 6.45) is 8.90. The summed E-state index contributed by atoms with van der Waals surface area (Å²) in [6, 6.07) is 5.42. The second-order valence-electron chi connectivity index (χ2n) is 4.46. The van der Waals surface area contributed by atoms with E-state index in [2.05, 4.69) is 15.4 Å². The molecular formula is C15H14N4O2S. The van der Waals surface area contributed by atoms with Crippen molar-refractivity contribution in [2.75, 3.05) is 6.54 Å². The maximum atomic E-state index is 11.6. The van der Waals surface area contributed by atoms with Gasteiger partial charge in [0.15, 0.2) is 0 Å². The van der Waals surface area contributed by atoms with E-state index in [1.165, 1.54) is 17.4 Å². The number of furan rings is 1. The summed E-state index contributed by atoms with van der Waals surface area (Å²) in [5.74, 6) is 0.498. The van der Waals surface area contributed by atoms with Crippen LogP contribution in [0, 0.1) is 0 Å². The molecule has 3 aromatic rings. The number of carbonyl (C=O) groups is 1. The number of thiazole rings is 1. The van der Waals surface area contributed by atoms with Gasteiger partial charge in [-0.15, -0.1) is 11.3 Å². The molecule has 7 heteroatoms. The predicted molar refractivity (Wildman–Crippen MR) is 83.7 cm³/mol. The molecular weight excluding hydrogens is 300 g/mol. The third-order valence-corrected chi connectivity index (χ3v) is 3.74. The highest BCUT2D eigenvalue weighted by Gasteiger charge is 2.04. The fourth-order valence-electron chi connectivity index (χ4n) is 1.81. The molecule has 112 valence electrons. The van der Waals surface area contributed by atoms with Crippen LogP contribution in [0.4, 0.5) is 0 Å². The Bertz CT molecular complexity index is 744. The van der Waals surface area contributed by atoms with Crippen LogP contribution in [0.2, 0.25) is 0 Å². The standard InChI is InChI=1S/C15H14N4O2S/c20-14(5-4-13-3-1-10-21-13)16-8-6-12-11-22-15(18-12)19-9-2-7-17-19/h1-5,7,9-11H,6,8H2,(H,16,20)/b5-4+. The first-order valence-electron chi connectivity index (χ1n) is 6.75. The topological polar surface area (TPSA) is 73.0 Å². The quantitative estimate of drug-likeness (QED) is 0.709. The van der Waals surface area contributed by atoms with E-state index in [4.69, 9.17) is 4.42 Å². The Morgan fingerprint density at radius 3 is 3.18 bits per heavy atom. The van der Waals surface area contributed by atoms with Gasteiger partial charge in [-0.2, -0.15) is 5.10 Å². The lowest BCUT2D eigenvalue weighted by atomic mass is 10.3. The summed E-state index contributed by atoms with van der Waals surface area (Å²) in [7, 11) is 0. The van der Waals surface area contributed by atoms with Crippen molar-refractivity contribution in [2.24, 2.45) is 0 Å². The third-order valence-electron chi connectivity index (χ3n) is 2.86. The number of hydrogen-bond acceptors (Lipinski definition) is 5. The molecule has 0 saturated heterocycles. The molecule has 1 N–H and O–H groups in total. The molecule has 22 heavy (non-hydrogen) atoms. The highest BCUT2D eigenvalue weighted by molar-refractivity contribution is 7.12. The van der Waals surface area contributed by atoms with E-state index in [0.717, 1.165) is 10.8 Å². The van der Waals surface area contributed by atoms with Crippen molar-refractivity contribution in [3.05, 3.63) is 59.8 Å². The average molecular weight is 314 g/mol. The van der Waals surface area contributed by atoms with E-state index in [0.29, 0.717) is 18.7 Å². The molecule has 0 unspecified atom stereocenters. The van der Waals surface area contributed by atoms with Crippen molar-refractivity contribution in [3.63, 3.8) is 0 Å². The fraction of sp³-hybridized carbons (Fsp3) is 0.133. The van der Waals surface area contributed by atoms with Gasteiger partial charge in [0.2, 0.25) is 11.0 Å². The normalized spacial score (nSPS) is 11.1. The second-order valence-corrected chi connectivity index (χ2v) is 5.30. The Morgan fingerprint density at radius 1 is 1.45 bits per heavy atom. The third kappa shape index (κ3) is 3.70. The SMILES string of the molecule is O=C(/C=C/c1ccco1)NCCc1csc(-n2cccn2)n1. The predicted octanol–water partition coefficient (Wildman–Crippen LogP) is 2.29. The van der Waals surface area contributed by atoms with Crippen molar-refractivity contribution in [3.8, 4) is 5.13 Å². The molecule has 0 spiro atoms. The summed E-state index contributed by atoms with van der Waals surface area (Å²) in [5.41, 5.74) is 0.936. The number of amides is 1. The molecule has 0 bridgehead atoms. The van der Waals surface area contributed by atoms with Gasteiger partial charge in [-0.25, -0.2) is 9.67 Å². The minimum Gasteiger partial charge on any atom is -0.465 e. The first kappa shape index (κ1) is 14.3. The Hall–Kier alpha value is -2.67. The van der Waals surface area contributed by atoms with E-state index in [-0.39, 0.29) is 5.91 Å². The lowest BCUT2D eigenvalue weighted by Gasteiger charge is -1.99. The highest BCUT2D eigenvalue weighted by Crippen LogP contribution is 2.13. The Labute approximate surface area is 131 Å². The van der Waals surface area contributed by atoms with Crippen LogP contribution in [0.5, 0.6) is 0 Å². The van der Waals surface area contributed by atoms with Gasteiger partial charge in [0.05, 0.1) is 12.0 Å². The van der Waals surface area contributed by atoms with Crippen molar-refractivity contribution in [1.29, 1.82) is 0 Å². The zero-order valence-corrected chi connectivity index (χ0v) is 12.5. The van der Waals surface area contributed by atoms with E-state index < -0.39 is 0 Å². The van der Waals surface area contributed by atoms with Crippen LogP contribution in [0.25, 0.3) is 11.2 Å². The zero-order chi connectivity index (χ0) is 15.2. The van der Waals surface area contributed by atoms with Crippen LogP contribution in [-0.4, -0.2) is 27.2 Å². The summed E-state index contributed by atoms with van der Waals surface area (Å²) in [5, 5.41) is 9.74. The molecule has 0 saturated carbocycles. The van der Waals surface area contributed by atoms with E-state index in [1.807, 2.05) is 17.6 Å². The van der Waals surface area contributed by atoms with Gasteiger partial charge in [-0.3, -0.25) is 4.79 Å². The maximum absolute atomic E-state index is 11.6. The van der Waals surface area contributed by atoms with Gasteiger partial charge < -0.3 is 9.73 Å². The van der Waals surface area contributed by atoms with Crippen LogP contribution < -0.4 is 5.32 Å². The van der Waals surface area contributed by atoms with Crippen molar-refractivity contribution < 1.29 is 9.21 Å². The molecule has 3 rings (SSSR count). The molecule has 0 fully saturated rings. The zero-order valence-electron chi connectivity index (χ0n) is 11.7. The molecule has 0 radical (unpaired) electrons. The number of aromatic nitrogens is 3. The van der Waals surface area contributed by atoms with Gasteiger partial charge in [0, 0.05) is 36.8 Å². The van der Waals surface area contributed by atoms with Crippen molar-refractivity contribution >= 4 is 23.3 Å². The van der Waals surface area contributed by atoms with Crippen LogP contribution in [-0.2, 0) is 11.2 Å². The minimum atomic E-state index is -0.154. The lowest BCUT2D eigenvalue weighted by Crippen LogP contribution is -2.23. The summed E-state index contributed by atoms with van der Waals surface area (Å²) in [4.78, 5) is 16.1. The lowest BCUT2D eigenvalue weighted by molar-refractivity contribution is -0.116. The average Bonchev–Trinajstić information content (AvgIpc) is 3.26. The molecule has 0 aliphatic rings. The number of rotatable bonds is 6. The minimum absolute atomic E-state index is 0.154. The highest BCUT2D eigenvalue weighted by atomic mass is 32.1. The van der Waals surface area contributed by atoms with Crippen LogP contribution in [0.15, 0.2) is 52.7 Å². The van der Waals surface area contributed by atoms with Crippen LogP contribution in [0.3, 0.4) is 0 Å². The van der Waals surface area contributed by atoms with Gasteiger partial charge in [0.1, 0.15) is 5.76 Å². The van der Waals surface area contributed by atoms with Crippen molar-refractivity contribution in [1.82, 2.24) is 20.1 Å². The van der Waals surface area contributed by atoms with Crippen LogP contribution >= 0.6 is 11.3 Å². The second kappa shape index (κ2) is 6.86. The van der Waals surface area contributed by atoms with E-state index in [1.54, 1.807) is 35.4 Å². The molecule has 0 atom stereocenters. The molecule has 3 aromatic heterocycles. The first-order valence-corrected chi connectivity index (χ1v) is 7.63. The first-order chi connectivity index (χ1) is 10.8. The molecule has 6 nitrogen and oxygen atoms in total. The number of nitrogens with zero attached hydrogens (tertiary/aromatic N) is 3. The Morgan fingerprint density at radius 2 is 2.41 bits per heavy atom. The summed E-state index contributed by atoms with van der Waals surface area (Å²) in [6.45, 7) is 0.531. The van der Waals surface area contributed by atoms with Crippen molar-refractivity contribution in [2.45, 2.75) is 6.42 Å². The molecule has 3 heterocycles. The van der Waals surface area contributed by atoms with Gasteiger partial charge >= 0.3 is 0 Å². The van der Waals surface area contributed by atoms with Crippen LogP contribution in [0.1, 0.15) is 11.5 Å². The fourth-order valence-corrected chi connectivity index (χ4v) is 2.61. The number of carbonyl (C=O) groups excluding carboxylic acids is 1. The number of nitrogens with one attached hydrogen (secondary N) is 1. The smallest absolute Gasteiger partial charge is 0.244 e. The molecule has 1 amide bonds. The Balaban J connectivity index is 1.46.